The fraction of sp³-hybridized carbons (Fsp3) is 0.278. The lowest BCUT2D eigenvalue weighted by Crippen LogP contribution is -2.36. The Bertz CT molecular complexity index is 952. The maximum absolute atomic E-state index is 11.8. The van der Waals surface area contributed by atoms with Gasteiger partial charge in [-0.15, -0.1) is 12.6 Å². The van der Waals surface area contributed by atoms with Crippen LogP contribution in [0.4, 0.5) is 11.4 Å². The first-order valence-corrected chi connectivity index (χ1v) is 9.99. The number of rotatable bonds is 4. The second-order valence-corrected chi connectivity index (χ2v) is 8.23. The molecule has 4 rings (SSSR count). The van der Waals surface area contributed by atoms with Gasteiger partial charge >= 0.3 is 0 Å². The Kier molecular flexibility index (Phi) is 5.33. The van der Waals surface area contributed by atoms with Crippen molar-refractivity contribution in [3.05, 3.63) is 51.1 Å². The Morgan fingerprint density at radius 2 is 2.07 bits per heavy atom. The van der Waals surface area contributed by atoms with Crippen LogP contribution in [0, 0.1) is 10.1 Å². The van der Waals surface area contributed by atoms with Crippen LogP contribution in [0.5, 0.6) is 0 Å². The highest BCUT2D eigenvalue weighted by Crippen LogP contribution is 2.35. The number of thioether (sulfide) groups is 1. The van der Waals surface area contributed by atoms with E-state index in [1.165, 1.54) is 17.8 Å². The number of hydrogen-bond acceptors (Lipinski definition) is 8. The third-order valence-corrected chi connectivity index (χ3v) is 5.77. The molecule has 0 spiro atoms. The predicted molar refractivity (Wildman–Crippen MR) is 110 cm³/mol. The van der Waals surface area contributed by atoms with Crippen molar-refractivity contribution in [2.75, 3.05) is 31.2 Å². The number of hydrogen-bond donors (Lipinski definition) is 2. The standard InChI is InChI=1S/C18H17N3O5S2/c22-17-16(28-18(27)19-17)10-12-2-4-15(26-12)11-1-3-13(14(9-11)21(23)24)20-5-7-25-8-6-20/h1-4,9-10,18,27H,5-8H2,(H,19,22)/b16-10-. The Labute approximate surface area is 170 Å². The SMILES string of the molecule is O=C1NC(S)S/C1=C\c1ccc(-c2ccc(N3CCOCC3)c([N+](=O)[O-])c2)o1. The van der Waals surface area contributed by atoms with Gasteiger partial charge < -0.3 is 19.4 Å². The zero-order chi connectivity index (χ0) is 19.7. The smallest absolute Gasteiger partial charge is 0.293 e. The number of nitro benzene ring substituents is 1. The van der Waals surface area contributed by atoms with E-state index in [1.54, 1.807) is 30.3 Å². The lowest BCUT2D eigenvalue weighted by atomic mass is 10.1. The molecule has 0 radical (unpaired) electrons. The Balaban J connectivity index is 1.62. The van der Waals surface area contributed by atoms with Crippen LogP contribution < -0.4 is 10.2 Å². The third kappa shape index (κ3) is 3.89. The fourth-order valence-corrected chi connectivity index (χ4v) is 4.31. The van der Waals surface area contributed by atoms with E-state index in [2.05, 4.69) is 17.9 Å². The summed E-state index contributed by atoms with van der Waals surface area (Å²) in [5.41, 5.74) is 1.20. The number of amides is 1. The van der Waals surface area contributed by atoms with Crippen LogP contribution in [0.1, 0.15) is 5.76 Å². The van der Waals surface area contributed by atoms with Crippen molar-refractivity contribution in [3.63, 3.8) is 0 Å². The first kappa shape index (κ1) is 18.9. The van der Waals surface area contributed by atoms with E-state index in [4.69, 9.17) is 9.15 Å². The quantitative estimate of drug-likeness (QED) is 0.340. The molecular formula is C18H17N3O5S2. The Morgan fingerprint density at radius 1 is 1.29 bits per heavy atom. The molecule has 2 aliphatic rings. The van der Waals surface area contributed by atoms with Crippen molar-refractivity contribution in [2.24, 2.45) is 0 Å². The minimum absolute atomic E-state index is 0.0272. The fourth-order valence-electron chi connectivity index (χ4n) is 3.10. The molecule has 0 saturated carbocycles. The van der Waals surface area contributed by atoms with E-state index in [0.29, 0.717) is 54.0 Å². The van der Waals surface area contributed by atoms with Crippen LogP contribution in [-0.4, -0.2) is 41.8 Å². The second kappa shape index (κ2) is 7.90. The van der Waals surface area contributed by atoms with Gasteiger partial charge in [-0.2, -0.15) is 0 Å². The first-order valence-electron chi connectivity index (χ1n) is 8.60. The molecule has 1 atom stereocenters. The average Bonchev–Trinajstić information content (AvgIpc) is 3.28. The molecule has 146 valence electrons. The van der Waals surface area contributed by atoms with Gasteiger partial charge in [0.05, 0.1) is 23.0 Å². The molecule has 1 unspecified atom stereocenters. The number of carbonyl (C=O) groups excluding carboxylic acids is 1. The summed E-state index contributed by atoms with van der Waals surface area (Å²) in [5.74, 6) is 0.790. The van der Waals surface area contributed by atoms with Gasteiger partial charge in [-0.25, -0.2) is 0 Å². The molecule has 3 heterocycles. The summed E-state index contributed by atoms with van der Waals surface area (Å²) in [6.07, 6.45) is 1.64. The lowest BCUT2D eigenvalue weighted by molar-refractivity contribution is -0.384. The number of nitro groups is 1. The number of thiol groups is 1. The molecule has 2 aliphatic heterocycles. The second-order valence-electron chi connectivity index (χ2n) is 6.21. The monoisotopic (exact) mass is 419 g/mol. The molecule has 2 saturated heterocycles. The molecule has 2 aromatic rings. The van der Waals surface area contributed by atoms with E-state index < -0.39 is 0 Å². The molecule has 1 aromatic heterocycles. The molecule has 1 N–H and O–H groups in total. The number of ether oxygens (including phenoxy) is 1. The van der Waals surface area contributed by atoms with Crippen molar-refractivity contribution in [1.82, 2.24) is 5.32 Å². The Hall–Kier alpha value is -2.43. The number of furan rings is 1. The van der Waals surface area contributed by atoms with Crippen molar-refractivity contribution in [2.45, 2.75) is 4.71 Å². The van der Waals surface area contributed by atoms with Crippen molar-refractivity contribution in [3.8, 4) is 11.3 Å². The number of nitrogens with one attached hydrogen (secondary N) is 1. The molecule has 1 amide bonds. The lowest BCUT2D eigenvalue weighted by Gasteiger charge is -2.28. The van der Waals surface area contributed by atoms with E-state index in [0.717, 1.165) is 0 Å². The van der Waals surface area contributed by atoms with Crippen LogP contribution >= 0.6 is 24.4 Å². The summed E-state index contributed by atoms with van der Waals surface area (Å²) in [6.45, 7) is 2.33. The van der Waals surface area contributed by atoms with Gasteiger partial charge in [-0.05, 0) is 24.3 Å². The minimum atomic E-state index is -0.382. The van der Waals surface area contributed by atoms with Crippen LogP contribution in [0.2, 0.25) is 0 Å². The molecule has 8 nitrogen and oxygen atoms in total. The maximum atomic E-state index is 11.8. The average molecular weight is 419 g/mol. The van der Waals surface area contributed by atoms with E-state index in [-0.39, 0.29) is 21.2 Å². The van der Waals surface area contributed by atoms with Crippen LogP contribution in [0.3, 0.4) is 0 Å². The van der Waals surface area contributed by atoms with Crippen LogP contribution in [-0.2, 0) is 9.53 Å². The van der Waals surface area contributed by atoms with Crippen molar-refractivity contribution < 1.29 is 18.9 Å². The third-order valence-electron chi connectivity index (χ3n) is 4.43. The van der Waals surface area contributed by atoms with Crippen molar-refractivity contribution >= 4 is 47.7 Å². The zero-order valence-corrected chi connectivity index (χ0v) is 16.4. The van der Waals surface area contributed by atoms with Gasteiger partial charge in [0.15, 0.2) is 0 Å². The summed E-state index contributed by atoms with van der Waals surface area (Å²) < 4.78 is 10.8. The summed E-state index contributed by atoms with van der Waals surface area (Å²) >= 11 is 5.50. The van der Waals surface area contributed by atoms with Gasteiger partial charge in [-0.1, -0.05) is 11.8 Å². The molecule has 2 fully saturated rings. The molecule has 28 heavy (non-hydrogen) atoms. The first-order chi connectivity index (χ1) is 13.5. The van der Waals surface area contributed by atoms with Gasteiger partial charge in [0.1, 0.15) is 21.9 Å². The number of nitrogens with zero attached hydrogens (tertiary/aromatic N) is 2. The van der Waals surface area contributed by atoms with Gasteiger partial charge in [0.25, 0.3) is 11.6 Å². The van der Waals surface area contributed by atoms with Crippen molar-refractivity contribution in [1.29, 1.82) is 0 Å². The molecule has 1 aromatic carbocycles. The molecule has 0 bridgehead atoms. The number of benzene rings is 1. The normalized spacial score (nSPS) is 21.2. The van der Waals surface area contributed by atoms with E-state index >= 15 is 0 Å². The topological polar surface area (TPSA) is 97.9 Å². The number of morpholine rings is 1. The zero-order valence-electron chi connectivity index (χ0n) is 14.7. The van der Waals surface area contributed by atoms with Gasteiger partial charge in [-0.3, -0.25) is 14.9 Å². The predicted octanol–water partition coefficient (Wildman–Crippen LogP) is 3.11. The maximum Gasteiger partial charge on any atom is 0.293 e. The summed E-state index contributed by atoms with van der Waals surface area (Å²) in [7, 11) is 0. The Morgan fingerprint density at radius 3 is 2.75 bits per heavy atom. The highest BCUT2D eigenvalue weighted by molar-refractivity contribution is 8.14. The summed E-state index contributed by atoms with van der Waals surface area (Å²) in [5, 5.41) is 14.3. The largest absolute Gasteiger partial charge is 0.457 e. The minimum Gasteiger partial charge on any atom is -0.457 e. The molecule has 0 aliphatic carbocycles. The molecular weight excluding hydrogens is 402 g/mol. The van der Waals surface area contributed by atoms with Gasteiger partial charge in [0, 0.05) is 30.8 Å². The van der Waals surface area contributed by atoms with E-state index in [9.17, 15) is 14.9 Å². The summed E-state index contributed by atoms with van der Waals surface area (Å²) in [4.78, 5) is 25.5. The van der Waals surface area contributed by atoms with Gasteiger partial charge in [0.2, 0.25) is 0 Å². The van der Waals surface area contributed by atoms with E-state index in [1.807, 2.05) is 4.90 Å². The number of carbonyl (C=O) groups is 1. The number of anilines is 1. The summed E-state index contributed by atoms with van der Waals surface area (Å²) in [6, 6.07) is 8.51. The van der Waals surface area contributed by atoms with Crippen LogP contribution in [0.25, 0.3) is 17.4 Å². The van der Waals surface area contributed by atoms with Crippen LogP contribution in [0.15, 0.2) is 39.7 Å². The highest BCUT2D eigenvalue weighted by atomic mass is 32.2. The highest BCUT2D eigenvalue weighted by Gasteiger charge is 2.25. The molecule has 10 heteroatoms.